The third-order valence-electron chi connectivity index (χ3n) is 4.71. The third kappa shape index (κ3) is 6.07. The zero-order chi connectivity index (χ0) is 17.3. The van der Waals surface area contributed by atoms with Crippen LogP contribution in [0.5, 0.6) is 5.75 Å². The lowest BCUT2D eigenvalue weighted by atomic mass is 10.2. The second-order valence-electron chi connectivity index (χ2n) is 6.73. The van der Waals surface area contributed by atoms with E-state index in [1.54, 1.807) is 0 Å². The van der Waals surface area contributed by atoms with Crippen molar-refractivity contribution in [3.8, 4) is 5.75 Å². The van der Waals surface area contributed by atoms with E-state index in [0.717, 1.165) is 44.1 Å². The summed E-state index contributed by atoms with van der Waals surface area (Å²) >= 11 is 0. The third-order valence-corrected chi connectivity index (χ3v) is 4.71. The number of unbranched alkanes of at least 4 members (excludes halogenated alkanes) is 1. The van der Waals surface area contributed by atoms with Crippen LogP contribution in [0, 0.1) is 0 Å². The van der Waals surface area contributed by atoms with Crippen LogP contribution in [-0.4, -0.2) is 49.1 Å². The molecule has 1 aliphatic heterocycles. The van der Waals surface area contributed by atoms with Gasteiger partial charge in [-0.05, 0) is 37.1 Å². The SMILES string of the molecule is Nc1cccc(OCCCCN2CCN(Cc3ccccc3)CC2)c1. The van der Waals surface area contributed by atoms with E-state index in [-0.39, 0.29) is 0 Å². The first kappa shape index (κ1) is 17.8. The average Bonchev–Trinajstić information content (AvgIpc) is 2.64. The number of nitrogens with zero attached hydrogens (tertiary/aromatic N) is 2. The minimum absolute atomic E-state index is 0.755. The molecule has 4 nitrogen and oxygen atoms in total. The van der Waals surface area contributed by atoms with Gasteiger partial charge < -0.3 is 15.4 Å². The van der Waals surface area contributed by atoms with Crippen molar-refractivity contribution >= 4 is 5.69 Å². The first-order chi connectivity index (χ1) is 12.3. The van der Waals surface area contributed by atoms with Crippen molar-refractivity contribution in [1.82, 2.24) is 9.80 Å². The minimum atomic E-state index is 0.755. The van der Waals surface area contributed by atoms with Gasteiger partial charge >= 0.3 is 0 Å². The molecule has 2 aromatic carbocycles. The zero-order valence-electron chi connectivity index (χ0n) is 14.9. The maximum Gasteiger partial charge on any atom is 0.121 e. The van der Waals surface area contributed by atoms with Gasteiger partial charge in [0.25, 0.3) is 0 Å². The van der Waals surface area contributed by atoms with Gasteiger partial charge in [0.1, 0.15) is 5.75 Å². The lowest BCUT2D eigenvalue weighted by Crippen LogP contribution is -2.46. The minimum Gasteiger partial charge on any atom is -0.494 e. The van der Waals surface area contributed by atoms with Crippen LogP contribution in [0.4, 0.5) is 5.69 Å². The molecule has 4 heteroatoms. The topological polar surface area (TPSA) is 41.7 Å². The fraction of sp³-hybridized carbons (Fsp3) is 0.429. The number of anilines is 1. The van der Waals surface area contributed by atoms with Gasteiger partial charge in [-0.3, -0.25) is 4.90 Å². The molecule has 0 saturated carbocycles. The highest BCUT2D eigenvalue weighted by Gasteiger charge is 2.16. The van der Waals surface area contributed by atoms with Crippen molar-refractivity contribution in [1.29, 1.82) is 0 Å². The molecular formula is C21H29N3O. The van der Waals surface area contributed by atoms with E-state index in [0.29, 0.717) is 0 Å². The Balaban J connectivity index is 1.27. The van der Waals surface area contributed by atoms with E-state index in [2.05, 4.69) is 40.1 Å². The van der Waals surface area contributed by atoms with E-state index in [1.807, 2.05) is 24.3 Å². The standard InChI is InChI=1S/C21H29N3O/c22-20-9-6-10-21(17-20)25-16-5-4-11-23-12-14-24(15-13-23)18-19-7-2-1-3-8-19/h1-3,6-10,17H,4-5,11-16,18,22H2. The Hall–Kier alpha value is -2.04. The summed E-state index contributed by atoms with van der Waals surface area (Å²) < 4.78 is 5.75. The molecule has 0 spiro atoms. The van der Waals surface area contributed by atoms with Gasteiger partial charge in [0.05, 0.1) is 6.61 Å². The van der Waals surface area contributed by atoms with Crippen LogP contribution in [0.3, 0.4) is 0 Å². The van der Waals surface area contributed by atoms with Gasteiger partial charge in [-0.25, -0.2) is 0 Å². The predicted octanol–water partition coefficient (Wildman–Crippen LogP) is 3.25. The molecule has 1 aliphatic rings. The fourth-order valence-corrected chi connectivity index (χ4v) is 3.24. The van der Waals surface area contributed by atoms with Gasteiger partial charge in [0.2, 0.25) is 0 Å². The van der Waals surface area contributed by atoms with Crippen molar-refractivity contribution in [2.24, 2.45) is 0 Å². The Morgan fingerprint density at radius 3 is 2.36 bits per heavy atom. The van der Waals surface area contributed by atoms with Crippen molar-refractivity contribution < 1.29 is 4.74 Å². The van der Waals surface area contributed by atoms with Gasteiger partial charge in [-0.2, -0.15) is 0 Å². The average molecular weight is 339 g/mol. The molecule has 0 aromatic heterocycles. The summed E-state index contributed by atoms with van der Waals surface area (Å²) in [5.74, 6) is 0.870. The smallest absolute Gasteiger partial charge is 0.121 e. The quantitative estimate of drug-likeness (QED) is 0.592. The van der Waals surface area contributed by atoms with Crippen LogP contribution in [-0.2, 0) is 6.54 Å². The van der Waals surface area contributed by atoms with Crippen LogP contribution in [0.15, 0.2) is 54.6 Å². The number of hydrogen-bond acceptors (Lipinski definition) is 4. The Bertz CT molecular complexity index is 624. The number of rotatable bonds is 8. The highest BCUT2D eigenvalue weighted by molar-refractivity contribution is 5.43. The molecule has 1 heterocycles. The van der Waals surface area contributed by atoms with Crippen LogP contribution >= 0.6 is 0 Å². The molecule has 0 radical (unpaired) electrons. The second kappa shape index (κ2) is 9.44. The van der Waals surface area contributed by atoms with Gasteiger partial charge in [-0.15, -0.1) is 0 Å². The highest BCUT2D eigenvalue weighted by atomic mass is 16.5. The molecule has 1 fully saturated rings. The monoisotopic (exact) mass is 339 g/mol. The summed E-state index contributed by atoms with van der Waals surface area (Å²) in [4.78, 5) is 5.12. The fourth-order valence-electron chi connectivity index (χ4n) is 3.24. The summed E-state index contributed by atoms with van der Waals surface area (Å²) in [6.45, 7) is 7.66. The van der Waals surface area contributed by atoms with Crippen molar-refractivity contribution in [2.45, 2.75) is 19.4 Å². The normalized spacial score (nSPS) is 16.0. The van der Waals surface area contributed by atoms with Crippen molar-refractivity contribution in [3.05, 3.63) is 60.2 Å². The number of nitrogen functional groups attached to an aromatic ring is 1. The highest BCUT2D eigenvalue weighted by Crippen LogP contribution is 2.15. The molecule has 1 saturated heterocycles. The number of nitrogens with two attached hydrogens (primary N) is 1. The van der Waals surface area contributed by atoms with Gasteiger partial charge in [0, 0.05) is 44.5 Å². The lowest BCUT2D eigenvalue weighted by molar-refractivity contribution is 0.124. The molecule has 0 atom stereocenters. The largest absolute Gasteiger partial charge is 0.494 e. The summed E-state index contributed by atoms with van der Waals surface area (Å²) in [6, 6.07) is 18.4. The van der Waals surface area contributed by atoms with E-state index in [1.165, 1.54) is 31.6 Å². The van der Waals surface area contributed by atoms with Crippen molar-refractivity contribution in [2.75, 3.05) is 45.1 Å². The molecule has 25 heavy (non-hydrogen) atoms. The number of hydrogen-bond donors (Lipinski definition) is 1. The van der Waals surface area contributed by atoms with Gasteiger partial charge in [-0.1, -0.05) is 36.4 Å². The molecule has 3 rings (SSSR count). The molecule has 2 aromatic rings. The maximum atomic E-state index is 5.76. The number of benzene rings is 2. The zero-order valence-corrected chi connectivity index (χ0v) is 14.9. The summed E-state index contributed by atoms with van der Waals surface area (Å²) in [5, 5.41) is 0. The summed E-state index contributed by atoms with van der Waals surface area (Å²) in [6.07, 6.45) is 2.26. The molecule has 0 unspecified atom stereocenters. The number of ether oxygens (including phenoxy) is 1. The van der Waals surface area contributed by atoms with E-state index in [9.17, 15) is 0 Å². The molecule has 0 bridgehead atoms. The maximum absolute atomic E-state index is 5.76. The Labute approximate surface area is 151 Å². The van der Waals surface area contributed by atoms with E-state index in [4.69, 9.17) is 10.5 Å². The first-order valence-electron chi connectivity index (χ1n) is 9.26. The number of piperazine rings is 1. The Morgan fingerprint density at radius 2 is 1.60 bits per heavy atom. The van der Waals surface area contributed by atoms with Crippen LogP contribution < -0.4 is 10.5 Å². The molecule has 2 N–H and O–H groups in total. The van der Waals surface area contributed by atoms with E-state index >= 15 is 0 Å². The molecular weight excluding hydrogens is 310 g/mol. The molecule has 0 amide bonds. The summed E-state index contributed by atoms with van der Waals surface area (Å²) in [7, 11) is 0. The first-order valence-corrected chi connectivity index (χ1v) is 9.26. The van der Waals surface area contributed by atoms with Crippen molar-refractivity contribution in [3.63, 3.8) is 0 Å². The molecule has 134 valence electrons. The van der Waals surface area contributed by atoms with Crippen LogP contribution in [0.25, 0.3) is 0 Å². The molecule has 0 aliphatic carbocycles. The Morgan fingerprint density at radius 1 is 0.840 bits per heavy atom. The van der Waals surface area contributed by atoms with Gasteiger partial charge in [0.15, 0.2) is 0 Å². The van der Waals surface area contributed by atoms with E-state index < -0.39 is 0 Å². The lowest BCUT2D eigenvalue weighted by Gasteiger charge is -2.34. The predicted molar refractivity (Wildman–Crippen MR) is 104 cm³/mol. The summed E-state index contributed by atoms with van der Waals surface area (Å²) in [5.41, 5.74) is 7.92. The second-order valence-corrected chi connectivity index (χ2v) is 6.73. The van der Waals surface area contributed by atoms with Crippen LogP contribution in [0.2, 0.25) is 0 Å². The Kier molecular flexibility index (Phi) is 6.71. The van der Waals surface area contributed by atoms with Crippen LogP contribution in [0.1, 0.15) is 18.4 Å².